The topological polar surface area (TPSA) is 38.7 Å². The van der Waals surface area contributed by atoms with Crippen LogP contribution in [0.15, 0.2) is 0 Å². The number of aliphatic hydroxyl groups is 1. The molecule has 0 spiro atoms. The average molecular weight is 375 g/mol. The molecule has 144 valence electrons. The molecule has 2 atom stereocenters. The van der Waals surface area contributed by atoms with Crippen LogP contribution in [0.5, 0.6) is 0 Å². The van der Waals surface area contributed by atoms with Gasteiger partial charge >= 0.3 is 0 Å². The lowest BCUT2D eigenvalue weighted by atomic mass is 9.86. The van der Waals surface area contributed by atoms with Crippen molar-refractivity contribution in [1.82, 2.24) is 0 Å². The lowest BCUT2D eigenvalue weighted by Crippen LogP contribution is -2.50. The SMILES string of the molecule is CC(C)(C)[Si](C)(C)OC1CC(CO)CC(O[Si](C)(C)C(C)(C)C)C1. The maximum Gasteiger partial charge on any atom is 0.192 e. The Morgan fingerprint density at radius 3 is 1.33 bits per heavy atom. The maximum atomic E-state index is 9.75. The van der Waals surface area contributed by atoms with Gasteiger partial charge in [-0.1, -0.05) is 41.5 Å². The smallest absolute Gasteiger partial charge is 0.192 e. The standard InChI is InChI=1S/C19H42O3Si2/c1-18(2,3)23(7,8)21-16-11-15(14-20)12-17(13-16)22-24(9,10)19(4,5)6/h15-17,20H,11-14H2,1-10H3. The Labute approximate surface area is 152 Å². The molecule has 5 heteroatoms. The average Bonchev–Trinajstić information content (AvgIpc) is 2.34. The third-order valence-corrected chi connectivity index (χ3v) is 15.6. The van der Waals surface area contributed by atoms with Gasteiger partial charge in [0.15, 0.2) is 16.6 Å². The molecule has 0 aromatic rings. The van der Waals surface area contributed by atoms with Crippen molar-refractivity contribution in [1.29, 1.82) is 0 Å². The van der Waals surface area contributed by atoms with Gasteiger partial charge in [-0.15, -0.1) is 0 Å². The highest BCUT2D eigenvalue weighted by Gasteiger charge is 2.44. The van der Waals surface area contributed by atoms with Gasteiger partial charge in [0, 0.05) is 18.8 Å². The van der Waals surface area contributed by atoms with Gasteiger partial charge in [-0.3, -0.25) is 0 Å². The molecule has 0 amide bonds. The van der Waals surface area contributed by atoms with Gasteiger partial charge in [-0.25, -0.2) is 0 Å². The van der Waals surface area contributed by atoms with E-state index < -0.39 is 16.6 Å². The minimum absolute atomic E-state index is 0.217. The third kappa shape index (κ3) is 5.66. The second-order valence-electron chi connectivity index (χ2n) is 10.8. The minimum atomic E-state index is -1.79. The molecule has 24 heavy (non-hydrogen) atoms. The minimum Gasteiger partial charge on any atom is -0.414 e. The summed E-state index contributed by atoms with van der Waals surface area (Å²) in [5.74, 6) is 0.309. The Bertz CT molecular complexity index is 372. The highest BCUT2D eigenvalue weighted by atomic mass is 28.4. The van der Waals surface area contributed by atoms with Gasteiger partial charge in [0.05, 0.1) is 0 Å². The van der Waals surface area contributed by atoms with E-state index >= 15 is 0 Å². The van der Waals surface area contributed by atoms with Crippen molar-refractivity contribution in [3.63, 3.8) is 0 Å². The summed E-state index contributed by atoms with van der Waals surface area (Å²) in [4.78, 5) is 0. The third-order valence-electron chi connectivity index (χ3n) is 6.51. The van der Waals surface area contributed by atoms with Gasteiger partial charge in [-0.2, -0.15) is 0 Å². The molecule has 0 bridgehead atoms. The van der Waals surface area contributed by atoms with Crippen molar-refractivity contribution in [2.75, 3.05) is 6.61 Å². The van der Waals surface area contributed by atoms with E-state index in [0.717, 1.165) is 19.3 Å². The fourth-order valence-electron chi connectivity index (χ4n) is 2.85. The quantitative estimate of drug-likeness (QED) is 0.640. The predicted octanol–water partition coefficient (Wildman–Crippen LogP) is 5.56. The lowest BCUT2D eigenvalue weighted by molar-refractivity contribution is 0.0106. The monoisotopic (exact) mass is 374 g/mol. The fraction of sp³-hybridized carbons (Fsp3) is 1.00. The Balaban J connectivity index is 2.84. The van der Waals surface area contributed by atoms with Crippen molar-refractivity contribution in [2.24, 2.45) is 5.92 Å². The second kappa shape index (κ2) is 7.51. The van der Waals surface area contributed by atoms with Crippen LogP contribution in [0, 0.1) is 5.92 Å². The van der Waals surface area contributed by atoms with Gasteiger partial charge in [0.25, 0.3) is 0 Å². The predicted molar refractivity (Wildman–Crippen MR) is 109 cm³/mol. The van der Waals surface area contributed by atoms with Crippen molar-refractivity contribution in [3.8, 4) is 0 Å². The molecule has 1 fully saturated rings. The first-order chi connectivity index (χ1) is 10.6. The summed E-state index contributed by atoms with van der Waals surface area (Å²) >= 11 is 0. The van der Waals surface area contributed by atoms with Crippen molar-refractivity contribution in [3.05, 3.63) is 0 Å². The summed E-state index contributed by atoms with van der Waals surface area (Å²) in [6.07, 6.45) is 3.38. The molecule has 2 unspecified atom stereocenters. The van der Waals surface area contributed by atoms with Crippen LogP contribution in [0.25, 0.3) is 0 Å². The van der Waals surface area contributed by atoms with Gasteiger partial charge in [0.1, 0.15) is 0 Å². The fourth-order valence-corrected chi connectivity index (χ4v) is 5.61. The molecule has 1 rings (SSSR count). The van der Waals surface area contributed by atoms with Crippen LogP contribution in [-0.4, -0.2) is 40.6 Å². The molecule has 0 aromatic heterocycles. The Kier molecular flexibility index (Phi) is 7.00. The van der Waals surface area contributed by atoms with E-state index in [0.29, 0.717) is 5.92 Å². The van der Waals surface area contributed by atoms with E-state index in [2.05, 4.69) is 67.7 Å². The number of hydrogen-bond acceptors (Lipinski definition) is 3. The molecule has 1 aliphatic rings. The second-order valence-corrected chi connectivity index (χ2v) is 20.3. The summed E-state index contributed by atoms with van der Waals surface area (Å²) in [6.45, 7) is 23.2. The van der Waals surface area contributed by atoms with E-state index in [1.165, 1.54) is 0 Å². The summed E-state index contributed by atoms with van der Waals surface area (Å²) in [5, 5.41) is 10.2. The molecule has 3 nitrogen and oxygen atoms in total. The van der Waals surface area contributed by atoms with Gasteiger partial charge in [-0.05, 0) is 61.4 Å². The van der Waals surface area contributed by atoms with Crippen LogP contribution in [-0.2, 0) is 8.85 Å². The molecular weight excluding hydrogens is 332 g/mol. The molecule has 0 aliphatic heterocycles. The molecule has 0 saturated heterocycles. The molecule has 0 heterocycles. The number of hydrogen-bond donors (Lipinski definition) is 1. The highest BCUT2D eigenvalue weighted by molar-refractivity contribution is 6.74. The van der Waals surface area contributed by atoms with Crippen molar-refractivity contribution in [2.45, 2.75) is 109 Å². The van der Waals surface area contributed by atoms with E-state index in [1.54, 1.807) is 0 Å². The van der Waals surface area contributed by atoms with Crippen LogP contribution >= 0.6 is 0 Å². The van der Waals surface area contributed by atoms with E-state index in [4.69, 9.17) is 8.85 Å². The number of aliphatic hydroxyl groups excluding tert-OH is 1. The molecule has 0 radical (unpaired) electrons. The van der Waals surface area contributed by atoms with E-state index in [9.17, 15) is 5.11 Å². The van der Waals surface area contributed by atoms with Crippen LogP contribution in [0.2, 0.25) is 36.3 Å². The first-order valence-electron chi connectivity index (χ1n) is 9.55. The normalized spacial score (nSPS) is 27.4. The molecule has 1 aliphatic carbocycles. The Morgan fingerprint density at radius 2 is 1.08 bits per heavy atom. The van der Waals surface area contributed by atoms with E-state index in [1.807, 2.05) is 0 Å². The highest BCUT2D eigenvalue weighted by Crippen LogP contribution is 2.42. The summed E-state index contributed by atoms with van der Waals surface area (Å²) < 4.78 is 13.3. The zero-order valence-electron chi connectivity index (χ0n) is 17.8. The summed E-state index contributed by atoms with van der Waals surface area (Å²) in [6, 6.07) is 0. The number of rotatable bonds is 5. The molecular formula is C19H42O3Si2. The van der Waals surface area contributed by atoms with Crippen molar-refractivity contribution < 1.29 is 14.0 Å². The summed E-state index contributed by atoms with van der Waals surface area (Å²) in [7, 11) is -3.57. The van der Waals surface area contributed by atoms with Gasteiger partial charge < -0.3 is 14.0 Å². The molecule has 1 saturated carbocycles. The first kappa shape index (κ1) is 22.4. The Morgan fingerprint density at radius 1 is 0.750 bits per heavy atom. The van der Waals surface area contributed by atoms with Crippen LogP contribution in [0.4, 0.5) is 0 Å². The molecule has 1 N–H and O–H groups in total. The zero-order chi connectivity index (χ0) is 19.0. The van der Waals surface area contributed by atoms with Crippen LogP contribution in [0.3, 0.4) is 0 Å². The maximum absolute atomic E-state index is 9.75. The largest absolute Gasteiger partial charge is 0.414 e. The van der Waals surface area contributed by atoms with E-state index in [-0.39, 0.29) is 28.9 Å². The lowest BCUT2D eigenvalue weighted by Gasteiger charge is -2.46. The van der Waals surface area contributed by atoms with Gasteiger partial charge in [0.2, 0.25) is 0 Å². The van der Waals surface area contributed by atoms with Crippen LogP contribution < -0.4 is 0 Å². The first-order valence-corrected chi connectivity index (χ1v) is 15.4. The molecule has 0 aromatic carbocycles. The van der Waals surface area contributed by atoms with Crippen LogP contribution in [0.1, 0.15) is 60.8 Å². The zero-order valence-corrected chi connectivity index (χ0v) is 19.8. The Hall–Kier alpha value is 0.314. The summed E-state index contributed by atoms with van der Waals surface area (Å²) in [5.41, 5.74) is 0. The van der Waals surface area contributed by atoms with Crippen molar-refractivity contribution >= 4 is 16.6 Å².